The lowest BCUT2D eigenvalue weighted by atomic mass is 9.98. The summed E-state index contributed by atoms with van der Waals surface area (Å²) < 4.78 is 0. The minimum atomic E-state index is -0.634. The Labute approximate surface area is 208 Å². The van der Waals surface area contributed by atoms with Crippen LogP contribution in [0.4, 0.5) is 5.82 Å². The molecule has 0 bridgehead atoms. The SMILES string of the molecule is CN1CCN(c2ccc(C(=O)NC(c3ccccc3)c3c[nH]c4cc(Cl)ccc4c3=O)cn2)CC1. The molecule has 1 amide bonds. The van der Waals surface area contributed by atoms with Crippen molar-refractivity contribution >= 4 is 34.2 Å². The van der Waals surface area contributed by atoms with Gasteiger partial charge in [0.1, 0.15) is 5.82 Å². The van der Waals surface area contributed by atoms with Crippen molar-refractivity contribution in [3.05, 3.63) is 105 Å². The van der Waals surface area contributed by atoms with Gasteiger partial charge in [0.15, 0.2) is 5.43 Å². The first kappa shape index (κ1) is 23.1. The van der Waals surface area contributed by atoms with Gasteiger partial charge in [0, 0.05) is 54.5 Å². The molecule has 2 aromatic heterocycles. The third kappa shape index (κ3) is 4.92. The third-order valence-corrected chi connectivity index (χ3v) is 6.66. The number of pyridine rings is 2. The van der Waals surface area contributed by atoms with Crippen molar-refractivity contribution in [2.75, 3.05) is 38.1 Å². The van der Waals surface area contributed by atoms with Crippen molar-refractivity contribution in [3.63, 3.8) is 0 Å². The van der Waals surface area contributed by atoms with E-state index in [4.69, 9.17) is 11.6 Å². The van der Waals surface area contributed by atoms with Crippen LogP contribution >= 0.6 is 11.6 Å². The van der Waals surface area contributed by atoms with Crippen molar-refractivity contribution < 1.29 is 4.79 Å². The smallest absolute Gasteiger partial charge is 0.253 e. The molecular weight excluding hydrogens is 462 g/mol. The van der Waals surface area contributed by atoms with Gasteiger partial charge in [0.25, 0.3) is 5.91 Å². The number of aromatic nitrogens is 2. The van der Waals surface area contributed by atoms with Crippen LogP contribution in [0.15, 0.2) is 77.9 Å². The van der Waals surface area contributed by atoms with Crippen LogP contribution in [0.3, 0.4) is 0 Å². The highest BCUT2D eigenvalue weighted by atomic mass is 35.5. The molecule has 178 valence electrons. The monoisotopic (exact) mass is 487 g/mol. The molecule has 2 aromatic carbocycles. The molecule has 0 aliphatic carbocycles. The van der Waals surface area contributed by atoms with E-state index >= 15 is 0 Å². The number of likely N-dealkylation sites (N-methyl/N-ethyl adjacent to an activating group) is 1. The van der Waals surface area contributed by atoms with Crippen LogP contribution in [0.1, 0.15) is 27.5 Å². The molecule has 1 unspecified atom stereocenters. The maximum atomic E-state index is 13.4. The van der Waals surface area contributed by atoms with E-state index in [0.717, 1.165) is 37.6 Å². The van der Waals surface area contributed by atoms with Crippen LogP contribution in [0.25, 0.3) is 10.9 Å². The lowest BCUT2D eigenvalue weighted by Gasteiger charge is -2.33. The first-order valence-corrected chi connectivity index (χ1v) is 11.9. The highest BCUT2D eigenvalue weighted by Crippen LogP contribution is 2.23. The number of benzene rings is 2. The number of fused-ring (bicyclic) bond motifs is 1. The Bertz CT molecular complexity index is 1400. The molecule has 4 aromatic rings. The average Bonchev–Trinajstić information content (AvgIpc) is 2.89. The first-order chi connectivity index (χ1) is 17.0. The number of rotatable bonds is 5. The lowest BCUT2D eigenvalue weighted by molar-refractivity contribution is 0.0942. The standard InChI is InChI=1S/C27H26ClN5O2/c1-32-11-13-33(14-12-32)24-10-7-19(16-30-24)27(35)31-25(18-5-3-2-4-6-18)22-17-29-23-15-20(28)8-9-21(23)26(22)34/h2-10,15-17,25H,11-14H2,1H3,(H,29,34)(H,31,35). The fourth-order valence-electron chi connectivity index (χ4n) is 4.37. The summed E-state index contributed by atoms with van der Waals surface area (Å²) in [6, 6.07) is 17.6. The second kappa shape index (κ2) is 9.90. The van der Waals surface area contributed by atoms with E-state index in [1.54, 1.807) is 36.7 Å². The Morgan fingerprint density at radius 3 is 2.54 bits per heavy atom. The van der Waals surface area contributed by atoms with Crippen LogP contribution in [0.5, 0.6) is 0 Å². The number of nitrogens with zero attached hydrogens (tertiary/aromatic N) is 3. The number of hydrogen-bond donors (Lipinski definition) is 2. The predicted octanol–water partition coefficient (Wildman–Crippen LogP) is 3.85. The van der Waals surface area contributed by atoms with E-state index in [9.17, 15) is 9.59 Å². The predicted molar refractivity (Wildman–Crippen MR) is 139 cm³/mol. The van der Waals surface area contributed by atoms with Gasteiger partial charge < -0.3 is 20.1 Å². The highest BCUT2D eigenvalue weighted by molar-refractivity contribution is 6.31. The zero-order chi connectivity index (χ0) is 24.4. The van der Waals surface area contributed by atoms with E-state index in [2.05, 4.69) is 32.1 Å². The maximum Gasteiger partial charge on any atom is 0.253 e. The third-order valence-electron chi connectivity index (χ3n) is 6.43. The van der Waals surface area contributed by atoms with Gasteiger partial charge in [-0.2, -0.15) is 0 Å². The number of nitrogens with one attached hydrogen (secondary N) is 2. The minimum absolute atomic E-state index is 0.159. The molecule has 1 aliphatic heterocycles. The van der Waals surface area contributed by atoms with Crippen molar-refractivity contribution in [1.29, 1.82) is 0 Å². The van der Waals surface area contributed by atoms with Gasteiger partial charge in [0.2, 0.25) is 0 Å². The average molecular weight is 488 g/mol. The van der Waals surface area contributed by atoms with Gasteiger partial charge in [-0.3, -0.25) is 9.59 Å². The van der Waals surface area contributed by atoms with Gasteiger partial charge in [-0.15, -0.1) is 0 Å². The van der Waals surface area contributed by atoms with Gasteiger partial charge >= 0.3 is 0 Å². The molecule has 1 saturated heterocycles. The molecule has 0 spiro atoms. The number of H-pyrrole nitrogens is 1. The largest absolute Gasteiger partial charge is 0.361 e. The summed E-state index contributed by atoms with van der Waals surface area (Å²) in [4.78, 5) is 38.8. The van der Waals surface area contributed by atoms with Crippen LogP contribution in [-0.2, 0) is 0 Å². The zero-order valence-corrected chi connectivity index (χ0v) is 20.1. The van der Waals surface area contributed by atoms with E-state index in [-0.39, 0.29) is 11.3 Å². The summed E-state index contributed by atoms with van der Waals surface area (Å²) >= 11 is 6.08. The van der Waals surface area contributed by atoms with E-state index in [1.165, 1.54) is 0 Å². The normalized spacial score (nSPS) is 15.2. The number of hydrogen-bond acceptors (Lipinski definition) is 5. The topological polar surface area (TPSA) is 81.3 Å². The van der Waals surface area contributed by atoms with Gasteiger partial charge in [-0.05, 0) is 42.9 Å². The molecule has 1 aliphatic rings. The fourth-order valence-corrected chi connectivity index (χ4v) is 4.54. The van der Waals surface area contributed by atoms with Gasteiger partial charge in [0.05, 0.1) is 17.1 Å². The van der Waals surface area contributed by atoms with Gasteiger partial charge in [-0.1, -0.05) is 41.9 Å². The van der Waals surface area contributed by atoms with E-state index < -0.39 is 6.04 Å². The summed E-state index contributed by atoms with van der Waals surface area (Å²) in [6.45, 7) is 3.77. The van der Waals surface area contributed by atoms with Crippen LogP contribution in [0.2, 0.25) is 5.02 Å². The molecular formula is C27H26ClN5O2. The number of carbonyl (C=O) groups is 1. The van der Waals surface area contributed by atoms with Crippen LogP contribution in [0, 0.1) is 0 Å². The molecule has 0 radical (unpaired) electrons. The highest BCUT2D eigenvalue weighted by Gasteiger charge is 2.22. The van der Waals surface area contributed by atoms with Gasteiger partial charge in [-0.25, -0.2) is 4.98 Å². The van der Waals surface area contributed by atoms with Crippen molar-refractivity contribution in [2.24, 2.45) is 0 Å². The Kier molecular flexibility index (Phi) is 6.53. The summed E-state index contributed by atoms with van der Waals surface area (Å²) in [5.41, 5.74) is 2.18. The molecule has 3 heterocycles. The minimum Gasteiger partial charge on any atom is -0.361 e. The maximum absolute atomic E-state index is 13.4. The second-order valence-electron chi connectivity index (χ2n) is 8.78. The summed E-state index contributed by atoms with van der Waals surface area (Å²) in [6.07, 6.45) is 3.24. The Hall–Kier alpha value is -3.68. The lowest BCUT2D eigenvalue weighted by Crippen LogP contribution is -2.44. The molecule has 1 fully saturated rings. The number of amides is 1. The number of anilines is 1. The first-order valence-electron chi connectivity index (χ1n) is 11.6. The quantitative estimate of drug-likeness (QED) is 0.447. The van der Waals surface area contributed by atoms with Crippen molar-refractivity contribution in [3.8, 4) is 0 Å². The van der Waals surface area contributed by atoms with Crippen molar-refractivity contribution in [2.45, 2.75) is 6.04 Å². The molecule has 2 N–H and O–H groups in total. The van der Waals surface area contributed by atoms with Crippen molar-refractivity contribution in [1.82, 2.24) is 20.2 Å². The van der Waals surface area contributed by atoms with Crippen LogP contribution < -0.4 is 15.6 Å². The number of piperazine rings is 1. The summed E-state index contributed by atoms with van der Waals surface area (Å²) in [7, 11) is 2.11. The molecule has 5 rings (SSSR count). The number of carbonyl (C=O) groups excluding carboxylic acids is 1. The number of aromatic amines is 1. The molecule has 8 heteroatoms. The van der Waals surface area contributed by atoms with Crippen LogP contribution in [-0.4, -0.2) is 54.0 Å². The fraction of sp³-hybridized carbons (Fsp3) is 0.222. The van der Waals surface area contributed by atoms with E-state index in [1.807, 2.05) is 36.4 Å². The molecule has 35 heavy (non-hydrogen) atoms. The Morgan fingerprint density at radius 1 is 1.06 bits per heavy atom. The molecule has 1 atom stereocenters. The van der Waals surface area contributed by atoms with E-state index in [0.29, 0.717) is 27.1 Å². The zero-order valence-electron chi connectivity index (χ0n) is 19.4. The molecule has 0 saturated carbocycles. The molecule has 7 nitrogen and oxygen atoms in total. The number of halogens is 1. The Balaban J connectivity index is 1.44. The summed E-state index contributed by atoms with van der Waals surface area (Å²) in [5, 5.41) is 4.10. The summed E-state index contributed by atoms with van der Waals surface area (Å²) in [5.74, 6) is 0.561. The Morgan fingerprint density at radius 2 is 1.83 bits per heavy atom. The second-order valence-corrected chi connectivity index (χ2v) is 9.21.